The quantitative estimate of drug-likeness (QED) is 0.265. The van der Waals surface area contributed by atoms with Gasteiger partial charge >= 0.3 is 0 Å². The normalized spacial score (nSPS) is 14.6. The standard InChI is InChI=1S/C24H24ClN5O3S/c25-19-8-3-1-6-17(19)22-28-27-21(33-22)16-34-24-26-20-9-4-2-7-18(20)23(31)30(24)11-5-10-29-12-14-32-15-13-29/h1-4,6-9H,5,10-16H2. The Morgan fingerprint density at radius 2 is 1.79 bits per heavy atom. The molecule has 1 aliphatic heterocycles. The predicted molar refractivity (Wildman–Crippen MR) is 132 cm³/mol. The molecule has 10 heteroatoms. The molecule has 0 amide bonds. The fraction of sp³-hybridized carbons (Fsp3) is 0.333. The molecule has 4 aromatic rings. The topological polar surface area (TPSA) is 86.3 Å². The first-order chi connectivity index (χ1) is 16.7. The summed E-state index contributed by atoms with van der Waals surface area (Å²) in [6.07, 6.45) is 0.852. The Kier molecular flexibility index (Phi) is 7.24. The number of benzene rings is 2. The molecular formula is C24H24ClN5O3S. The van der Waals surface area contributed by atoms with Gasteiger partial charge in [0.25, 0.3) is 5.56 Å². The van der Waals surface area contributed by atoms with E-state index < -0.39 is 0 Å². The Morgan fingerprint density at radius 3 is 2.65 bits per heavy atom. The van der Waals surface area contributed by atoms with Gasteiger partial charge in [0.2, 0.25) is 11.8 Å². The van der Waals surface area contributed by atoms with Gasteiger partial charge in [-0.15, -0.1) is 10.2 Å². The zero-order chi connectivity index (χ0) is 23.3. The van der Waals surface area contributed by atoms with E-state index in [1.54, 1.807) is 10.6 Å². The number of rotatable bonds is 8. The Labute approximate surface area is 205 Å². The first-order valence-electron chi connectivity index (χ1n) is 11.2. The molecule has 2 aromatic carbocycles. The van der Waals surface area contributed by atoms with Gasteiger partial charge in [-0.3, -0.25) is 14.3 Å². The molecule has 0 saturated carbocycles. The average molecular weight is 498 g/mol. The molecule has 0 spiro atoms. The SMILES string of the molecule is O=c1c2ccccc2nc(SCc2nnc(-c3ccccc3Cl)o2)n1CCCN1CCOCC1. The number of hydrogen-bond donors (Lipinski definition) is 0. The summed E-state index contributed by atoms with van der Waals surface area (Å²) in [5.41, 5.74) is 1.34. The van der Waals surface area contributed by atoms with Gasteiger partial charge < -0.3 is 9.15 Å². The number of hydrogen-bond acceptors (Lipinski definition) is 8. The Hall–Kier alpha value is -2.72. The van der Waals surface area contributed by atoms with Crippen molar-refractivity contribution >= 4 is 34.3 Å². The second-order valence-electron chi connectivity index (χ2n) is 7.95. The third-order valence-electron chi connectivity index (χ3n) is 5.68. The summed E-state index contributed by atoms with van der Waals surface area (Å²) in [6, 6.07) is 14.8. The van der Waals surface area contributed by atoms with Crippen LogP contribution in [-0.2, 0) is 17.0 Å². The lowest BCUT2D eigenvalue weighted by Crippen LogP contribution is -2.37. The number of ether oxygens (including phenoxy) is 1. The predicted octanol–water partition coefficient (Wildman–Crippen LogP) is 4.11. The van der Waals surface area contributed by atoms with Crippen LogP contribution in [0.5, 0.6) is 0 Å². The number of thioether (sulfide) groups is 1. The molecule has 0 atom stereocenters. The number of aromatic nitrogens is 4. The average Bonchev–Trinajstić information content (AvgIpc) is 3.34. The highest BCUT2D eigenvalue weighted by Gasteiger charge is 2.16. The lowest BCUT2D eigenvalue weighted by Gasteiger charge is -2.26. The van der Waals surface area contributed by atoms with Gasteiger partial charge in [0.05, 0.1) is 40.5 Å². The van der Waals surface area contributed by atoms with Crippen molar-refractivity contribution in [3.63, 3.8) is 0 Å². The second-order valence-corrected chi connectivity index (χ2v) is 9.30. The van der Waals surface area contributed by atoms with E-state index in [4.69, 9.17) is 25.7 Å². The van der Waals surface area contributed by atoms with Gasteiger partial charge in [-0.25, -0.2) is 4.98 Å². The van der Waals surface area contributed by atoms with Crippen molar-refractivity contribution in [3.8, 4) is 11.5 Å². The van der Waals surface area contributed by atoms with E-state index >= 15 is 0 Å². The first-order valence-corrected chi connectivity index (χ1v) is 12.5. The first kappa shape index (κ1) is 23.0. The molecule has 0 aliphatic carbocycles. The van der Waals surface area contributed by atoms with Crippen LogP contribution in [0.1, 0.15) is 12.3 Å². The third kappa shape index (κ3) is 5.17. The van der Waals surface area contributed by atoms with E-state index in [9.17, 15) is 4.79 Å². The fourth-order valence-corrected chi connectivity index (χ4v) is 4.99. The van der Waals surface area contributed by atoms with Crippen LogP contribution in [0.3, 0.4) is 0 Å². The zero-order valence-electron chi connectivity index (χ0n) is 18.5. The molecule has 0 radical (unpaired) electrons. The molecule has 1 aliphatic rings. The van der Waals surface area contributed by atoms with Crippen molar-refractivity contribution in [2.45, 2.75) is 23.9 Å². The van der Waals surface area contributed by atoms with Crippen LogP contribution < -0.4 is 5.56 Å². The van der Waals surface area contributed by atoms with Crippen LogP contribution in [0, 0.1) is 0 Å². The maximum atomic E-state index is 13.3. The third-order valence-corrected chi connectivity index (χ3v) is 6.97. The molecule has 1 fully saturated rings. The lowest BCUT2D eigenvalue weighted by atomic mass is 10.2. The minimum absolute atomic E-state index is 0.0302. The van der Waals surface area contributed by atoms with Crippen LogP contribution in [0.4, 0.5) is 0 Å². The van der Waals surface area contributed by atoms with Crippen molar-refractivity contribution in [2.75, 3.05) is 32.8 Å². The molecule has 3 heterocycles. The van der Waals surface area contributed by atoms with Crippen molar-refractivity contribution in [3.05, 3.63) is 69.8 Å². The molecule has 1 saturated heterocycles. The van der Waals surface area contributed by atoms with Crippen molar-refractivity contribution in [1.82, 2.24) is 24.6 Å². The monoisotopic (exact) mass is 497 g/mol. The number of morpholine rings is 1. The van der Waals surface area contributed by atoms with Crippen LogP contribution in [-0.4, -0.2) is 57.5 Å². The molecule has 2 aromatic heterocycles. The van der Waals surface area contributed by atoms with Crippen molar-refractivity contribution in [2.24, 2.45) is 0 Å². The van der Waals surface area contributed by atoms with Gasteiger partial charge in [0.1, 0.15) is 0 Å². The molecular weight excluding hydrogens is 474 g/mol. The Bertz CT molecular complexity index is 1340. The molecule has 5 rings (SSSR count). The maximum absolute atomic E-state index is 13.3. The highest BCUT2D eigenvalue weighted by molar-refractivity contribution is 7.98. The van der Waals surface area contributed by atoms with Gasteiger partial charge in [-0.1, -0.05) is 47.6 Å². The van der Waals surface area contributed by atoms with E-state index in [0.29, 0.717) is 50.7 Å². The van der Waals surface area contributed by atoms with Crippen molar-refractivity contribution < 1.29 is 9.15 Å². The fourth-order valence-electron chi connectivity index (χ4n) is 3.91. The molecule has 176 valence electrons. The molecule has 34 heavy (non-hydrogen) atoms. The smallest absolute Gasteiger partial charge is 0.262 e. The van der Waals surface area contributed by atoms with Gasteiger partial charge in [-0.2, -0.15) is 0 Å². The number of fused-ring (bicyclic) bond motifs is 1. The van der Waals surface area contributed by atoms with Crippen LogP contribution in [0.25, 0.3) is 22.4 Å². The second kappa shape index (κ2) is 10.7. The summed E-state index contributed by atoms with van der Waals surface area (Å²) in [5.74, 6) is 1.21. The molecule has 0 bridgehead atoms. The number of nitrogens with zero attached hydrogens (tertiary/aromatic N) is 5. The van der Waals surface area contributed by atoms with E-state index in [-0.39, 0.29) is 5.56 Å². The minimum Gasteiger partial charge on any atom is -0.420 e. The highest BCUT2D eigenvalue weighted by atomic mass is 35.5. The van der Waals surface area contributed by atoms with E-state index in [1.807, 2.05) is 42.5 Å². The van der Waals surface area contributed by atoms with E-state index in [2.05, 4.69) is 15.1 Å². The van der Waals surface area contributed by atoms with Crippen LogP contribution in [0.2, 0.25) is 5.02 Å². The van der Waals surface area contributed by atoms with Crippen LogP contribution in [0.15, 0.2) is 62.9 Å². The minimum atomic E-state index is -0.0302. The van der Waals surface area contributed by atoms with Gasteiger partial charge in [0, 0.05) is 26.2 Å². The van der Waals surface area contributed by atoms with Gasteiger partial charge in [0.15, 0.2) is 5.16 Å². The van der Waals surface area contributed by atoms with E-state index in [1.165, 1.54) is 11.8 Å². The van der Waals surface area contributed by atoms with Crippen LogP contribution >= 0.6 is 23.4 Å². The summed E-state index contributed by atoms with van der Waals surface area (Å²) in [4.78, 5) is 20.4. The van der Waals surface area contributed by atoms with Crippen molar-refractivity contribution in [1.29, 1.82) is 0 Å². The Balaban J connectivity index is 1.35. The summed E-state index contributed by atoms with van der Waals surface area (Å²) < 4.78 is 13.0. The van der Waals surface area contributed by atoms with E-state index in [0.717, 1.165) is 39.3 Å². The lowest BCUT2D eigenvalue weighted by molar-refractivity contribution is 0.0368. The Morgan fingerprint density at radius 1 is 1.00 bits per heavy atom. The number of halogens is 1. The largest absolute Gasteiger partial charge is 0.420 e. The summed E-state index contributed by atoms with van der Waals surface area (Å²) >= 11 is 7.66. The molecule has 0 N–H and O–H groups in total. The summed E-state index contributed by atoms with van der Waals surface area (Å²) in [6.45, 7) is 4.88. The summed E-state index contributed by atoms with van der Waals surface area (Å²) in [7, 11) is 0. The van der Waals surface area contributed by atoms with Gasteiger partial charge in [-0.05, 0) is 30.7 Å². The molecule has 8 nitrogen and oxygen atoms in total. The maximum Gasteiger partial charge on any atom is 0.262 e. The number of para-hydroxylation sites is 1. The zero-order valence-corrected chi connectivity index (χ0v) is 20.1. The highest BCUT2D eigenvalue weighted by Crippen LogP contribution is 2.28. The summed E-state index contributed by atoms with van der Waals surface area (Å²) in [5, 5.41) is 10.1. The molecule has 0 unspecified atom stereocenters.